The molecule has 2 aromatic carbocycles. The van der Waals surface area contributed by atoms with E-state index in [9.17, 15) is 18.4 Å². The minimum absolute atomic E-state index is 0.0198. The molecule has 0 N–H and O–H groups in total. The summed E-state index contributed by atoms with van der Waals surface area (Å²) >= 11 is 0. The lowest BCUT2D eigenvalue weighted by Gasteiger charge is -2.17. The molecule has 20 heavy (non-hydrogen) atoms. The van der Waals surface area contributed by atoms with E-state index in [4.69, 9.17) is 0 Å². The van der Waals surface area contributed by atoms with Crippen LogP contribution in [-0.2, 0) is 11.3 Å². The van der Waals surface area contributed by atoms with Crippen LogP contribution in [-0.4, -0.2) is 11.7 Å². The zero-order valence-corrected chi connectivity index (χ0v) is 10.3. The standard InChI is InChI=1S/C15H9F2NO2/c16-11-6-2-1-4-9(11)8-18-13-10(14(19)15(18)20)5-3-7-12(13)17/h1-7H,8H2. The number of carbonyl (C=O) groups excluding carboxylic acids is 2. The fourth-order valence-corrected chi connectivity index (χ4v) is 2.26. The van der Waals surface area contributed by atoms with Gasteiger partial charge in [0.05, 0.1) is 17.8 Å². The summed E-state index contributed by atoms with van der Waals surface area (Å²) in [4.78, 5) is 24.7. The fraction of sp³-hybridized carbons (Fsp3) is 0.0667. The summed E-state index contributed by atoms with van der Waals surface area (Å²) in [6, 6.07) is 9.80. The van der Waals surface area contributed by atoms with Crippen LogP contribution in [0.25, 0.3) is 0 Å². The molecule has 1 amide bonds. The first kappa shape index (κ1) is 12.5. The number of fused-ring (bicyclic) bond motifs is 1. The molecule has 0 aromatic heterocycles. The highest BCUT2D eigenvalue weighted by Gasteiger charge is 2.38. The largest absolute Gasteiger partial charge is 0.299 e. The van der Waals surface area contributed by atoms with Crippen molar-refractivity contribution in [3.05, 3.63) is 65.2 Å². The van der Waals surface area contributed by atoms with Gasteiger partial charge >= 0.3 is 0 Å². The van der Waals surface area contributed by atoms with Crippen molar-refractivity contribution in [2.24, 2.45) is 0 Å². The first-order valence-electron chi connectivity index (χ1n) is 5.97. The number of amides is 1. The highest BCUT2D eigenvalue weighted by molar-refractivity contribution is 6.52. The van der Waals surface area contributed by atoms with Crippen molar-refractivity contribution in [1.82, 2.24) is 0 Å². The highest BCUT2D eigenvalue weighted by Crippen LogP contribution is 2.33. The molecule has 0 atom stereocenters. The van der Waals surface area contributed by atoms with E-state index in [0.717, 1.165) is 4.90 Å². The number of nitrogens with zero attached hydrogens (tertiary/aromatic N) is 1. The maximum Gasteiger partial charge on any atom is 0.299 e. The summed E-state index contributed by atoms with van der Waals surface area (Å²) < 4.78 is 27.5. The molecule has 100 valence electrons. The van der Waals surface area contributed by atoms with E-state index in [1.54, 1.807) is 6.07 Å². The van der Waals surface area contributed by atoms with E-state index in [2.05, 4.69) is 0 Å². The molecule has 2 aromatic rings. The Hall–Kier alpha value is -2.56. The number of para-hydroxylation sites is 1. The monoisotopic (exact) mass is 273 g/mol. The summed E-state index contributed by atoms with van der Waals surface area (Å²) in [5.74, 6) is -2.78. The maximum atomic E-state index is 13.9. The topological polar surface area (TPSA) is 37.4 Å². The van der Waals surface area contributed by atoms with Crippen molar-refractivity contribution in [2.75, 3.05) is 4.90 Å². The Morgan fingerprint density at radius 2 is 1.60 bits per heavy atom. The minimum atomic E-state index is -0.839. The van der Waals surface area contributed by atoms with E-state index in [0.29, 0.717) is 0 Å². The molecule has 0 aliphatic carbocycles. The van der Waals surface area contributed by atoms with E-state index < -0.39 is 23.3 Å². The van der Waals surface area contributed by atoms with Crippen LogP contribution >= 0.6 is 0 Å². The number of benzene rings is 2. The zero-order valence-electron chi connectivity index (χ0n) is 10.3. The molecule has 1 heterocycles. The molecule has 0 saturated carbocycles. The van der Waals surface area contributed by atoms with E-state index >= 15 is 0 Å². The number of rotatable bonds is 2. The zero-order chi connectivity index (χ0) is 14.3. The normalized spacial score (nSPS) is 13.8. The Kier molecular flexibility index (Phi) is 2.82. The number of Topliss-reactive ketones (excluding diaryl/α,β-unsaturated/α-hetero) is 1. The Morgan fingerprint density at radius 1 is 0.900 bits per heavy atom. The van der Waals surface area contributed by atoms with Gasteiger partial charge in [0.25, 0.3) is 11.7 Å². The van der Waals surface area contributed by atoms with Gasteiger partial charge in [0.2, 0.25) is 0 Å². The van der Waals surface area contributed by atoms with Gasteiger partial charge in [-0.2, -0.15) is 0 Å². The van der Waals surface area contributed by atoms with Crippen molar-refractivity contribution >= 4 is 17.4 Å². The van der Waals surface area contributed by atoms with Crippen molar-refractivity contribution in [1.29, 1.82) is 0 Å². The van der Waals surface area contributed by atoms with Crippen LogP contribution in [0.2, 0.25) is 0 Å². The second-order valence-corrected chi connectivity index (χ2v) is 4.45. The van der Waals surface area contributed by atoms with Crippen molar-refractivity contribution in [3.63, 3.8) is 0 Å². The lowest BCUT2D eigenvalue weighted by Crippen LogP contribution is -2.30. The maximum absolute atomic E-state index is 13.9. The molecular formula is C15H9F2NO2. The van der Waals surface area contributed by atoms with Crippen LogP contribution in [0.1, 0.15) is 15.9 Å². The summed E-state index contributed by atoms with van der Waals surface area (Å²) in [5.41, 5.74) is 0.168. The molecule has 0 spiro atoms. The summed E-state index contributed by atoms with van der Waals surface area (Å²) in [6.45, 7) is -0.175. The predicted octanol–water partition coefficient (Wildman–Crippen LogP) is 2.69. The smallest absolute Gasteiger partial charge is 0.297 e. The van der Waals surface area contributed by atoms with Gasteiger partial charge in [0.1, 0.15) is 11.6 Å². The van der Waals surface area contributed by atoms with Gasteiger partial charge in [-0.15, -0.1) is 0 Å². The van der Waals surface area contributed by atoms with Crippen LogP contribution in [0.15, 0.2) is 42.5 Å². The third-order valence-corrected chi connectivity index (χ3v) is 3.23. The molecular weight excluding hydrogens is 264 g/mol. The molecule has 5 heteroatoms. The lowest BCUT2D eigenvalue weighted by molar-refractivity contribution is -0.114. The quantitative estimate of drug-likeness (QED) is 0.789. The predicted molar refractivity (Wildman–Crippen MR) is 68.3 cm³/mol. The third-order valence-electron chi connectivity index (χ3n) is 3.23. The number of anilines is 1. The van der Waals surface area contributed by atoms with Crippen LogP contribution < -0.4 is 4.90 Å². The van der Waals surface area contributed by atoms with Gasteiger partial charge in [0.15, 0.2) is 0 Å². The summed E-state index contributed by atoms with van der Waals surface area (Å²) in [6.07, 6.45) is 0. The number of hydrogen-bond donors (Lipinski definition) is 0. The van der Waals surface area contributed by atoms with Gasteiger partial charge in [-0.1, -0.05) is 24.3 Å². The average molecular weight is 273 g/mol. The van der Waals surface area contributed by atoms with Crippen LogP contribution in [0.4, 0.5) is 14.5 Å². The molecule has 1 aliphatic rings. The number of ketones is 1. The van der Waals surface area contributed by atoms with Gasteiger partial charge in [-0.05, 0) is 18.2 Å². The third kappa shape index (κ3) is 1.79. The molecule has 1 aliphatic heterocycles. The van der Waals surface area contributed by atoms with Gasteiger partial charge < -0.3 is 0 Å². The number of hydrogen-bond acceptors (Lipinski definition) is 2. The van der Waals surface area contributed by atoms with E-state index in [-0.39, 0.29) is 23.4 Å². The molecule has 0 unspecified atom stereocenters. The van der Waals surface area contributed by atoms with E-state index in [1.807, 2.05) is 0 Å². The SMILES string of the molecule is O=C1C(=O)N(Cc2ccccc2F)c2c(F)cccc21. The van der Waals surface area contributed by atoms with Crippen molar-refractivity contribution < 1.29 is 18.4 Å². The minimum Gasteiger partial charge on any atom is -0.297 e. The van der Waals surface area contributed by atoms with Gasteiger partial charge in [0, 0.05) is 5.56 Å². The van der Waals surface area contributed by atoms with Crippen LogP contribution in [0.5, 0.6) is 0 Å². The molecule has 0 fully saturated rings. The van der Waals surface area contributed by atoms with Crippen molar-refractivity contribution in [3.8, 4) is 0 Å². The first-order valence-corrected chi connectivity index (χ1v) is 5.97. The molecule has 3 nitrogen and oxygen atoms in total. The lowest BCUT2D eigenvalue weighted by atomic mass is 10.1. The molecule has 0 radical (unpaired) electrons. The molecule has 0 saturated heterocycles. The van der Waals surface area contributed by atoms with Gasteiger partial charge in [-0.25, -0.2) is 8.78 Å². The van der Waals surface area contributed by atoms with Gasteiger partial charge in [-0.3, -0.25) is 14.5 Å². The fourth-order valence-electron chi connectivity index (χ4n) is 2.26. The average Bonchev–Trinajstić information content (AvgIpc) is 2.68. The second kappa shape index (κ2) is 4.52. The number of carbonyl (C=O) groups is 2. The molecule has 0 bridgehead atoms. The highest BCUT2D eigenvalue weighted by atomic mass is 19.1. The Labute approximate surface area is 113 Å². The second-order valence-electron chi connectivity index (χ2n) is 4.45. The summed E-state index contributed by atoms with van der Waals surface area (Å²) in [5, 5.41) is 0. The van der Waals surface area contributed by atoms with Crippen LogP contribution in [0, 0.1) is 11.6 Å². The van der Waals surface area contributed by atoms with Crippen molar-refractivity contribution in [2.45, 2.75) is 6.54 Å². The Morgan fingerprint density at radius 3 is 2.35 bits per heavy atom. The molecule has 3 rings (SSSR count). The Balaban J connectivity index is 2.06. The number of halogens is 2. The van der Waals surface area contributed by atoms with Crippen LogP contribution in [0.3, 0.4) is 0 Å². The van der Waals surface area contributed by atoms with E-state index in [1.165, 1.54) is 36.4 Å². The first-order chi connectivity index (χ1) is 9.59. The Bertz CT molecular complexity index is 728. The summed E-state index contributed by atoms with van der Waals surface area (Å²) in [7, 11) is 0.